The van der Waals surface area contributed by atoms with Gasteiger partial charge in [0.15, 0.2) is 6.73 Å². The Labute approximate surface area is 200 Å². The first-order valence-corrected chi connectivity index (χ1v) is 11.8. The first kappa shape index (κ1) is 23.6. The Bertz CT molecular complexity index is 1550. The van der Waals surface area contributed by atoms with Gasteiger partial charge in [-0.3, -0.25) is 9.52 Å². The highest BCUT2D eigenvalue weighted by Gasteiger charge is 2.14. The van der Waals surface area contributed by atoms with Crippen molar-refractivity contribution >= 4 is 38.7 Å². The minimum Gasteiger partial charge on any atom is -0.497 e. The normalized spacial score (nSPS) is 11.5. The largest absolute Gasteiger partial charge is 0.497 e. The molecule has 178 valence electrons. The number of carbonyl (C=O) groups excluding carboxylic acids is 1. The number of benzene rings is 3. The number of aromatic nitrogens is 3. The number of rotatable bonds is 8. The SMILES string of the molecule is COc1ccc(NS(=O)(=O)c2ccc(/C=C/C(=O)OCn3nnc4ccccc4c3=O)cc2)cc1. The highest BCUT2D eigenvalue weighted by atomic mass is 32.2. The molecule has 0 atom stereocenters. The summed E-state index contributed by atoms with van der Waals surface area (Å²) in [5, 5.41) is 8.04. The zero-order valence-electron chi connectivity index (χ0n) is 18.5. The number of hydrogen-bond donors (Lipinski definition) is 1. The predicted octanol–water partition coefficient (Wildman–Crippen LogP) is 2.82. The number of sulfonamides is 1. The quantitative estimate of drug-likeness (QED) is 0.294. The molecule has 0 aliphatic heterocycles. The standard InChI is InChI=1S/C24H20N4O6S/c1-33-19-11-9-18(10-12-19)26-35(31,32)20-13-6-17(7-14-20)8-15-23(29)34-16-28-24(30)21-4-2-3-5-22(21)25-27-28/h2-15,26H,16H2,1H3/b15-8+. The Morgan fingerprint density at radius 3 is 2.46 bits per heavy atom. The van der Waals surface area contributed by atoms with Crippen molar-refractivity contribution in [2.75, 3.05) is 11.8 Å². The maximum Gasteiger partial charge on any atom is 0.332 e. The first-order chi connectivity index (χ1) is 16.9. The molecule has 0 fully saturated rings. The van der Waals surface area contributed by atoms with Crippen LogP contribution in [0.15, 0.2) is 88.6 Å². The Morgan fingerprint density at radius 2 is 1.74 bits per heavy atom. The molecule has 0 saturated heterocycles. The van der Waals surface area contributed by atoms with E-state index in [1.54, 1.807) is 60.7 Å². The number of ether oxygens (including phenoxy) is 2. The second kappa shape index (κ2) is 10.2. The number of anilines is 1. The first-order valence-electron chi connectivity index (χ1n) is 10.3. The monoisotopic (exact) mass is 492 g/mol. The van der Waals surface area contributed by atoms with E-state index < -0.39 is 28.3 Å². The molecule has 10 nitrogen and oxygen atoms in total. The van der Waals surface area contributed by atoms with Crippen molar-refractivity contribution in [2.24, 2.45) is 0 Å². The second-order valence-electron chi connectivity index (χ2n) is 7.24. The van der Waals surface area contributed by atoms with Crippen molar-refractivity contribution in [1.29, 1.82) is 0 Å². The van der Waals surface area contributed by atoms with E-state index >= 15 is 0 Å². The van der Waals surface area contributed by atoms with Gasteiger partial charge in [-0.15, -0.1) is 5.10 Å². The third-order valence-corrected chi connectivity index (χ3v) is 6.30. The van der Waals surface area contributed by atoms with Gasteiger partial charge in [0, 0.05) is 11.8 Å². The third kappa shape index (κ3) is 5.71. The number of nitrogens with one attached hydrogen (secondary N) is 1. The lowest BCUT2D eigenvalue weighted by atomic mass is 10.2. The van der Waals surface area contributed by atoms with E-state index in [0.29, 0.717) is 27.9 Å². The van der Waals surface area contributed by atoms with Crippen molar-refractivity contribution < 1.29 is 22.7 Å². The van der Waals surface area contributed by atoms with Crippen molar-refractivity contribution in [3.8, 4) is 5.75 Å². The van der Waals surface area contributed by atoms with E-state index in [4.69, 9.17) is 9.47 Å². The molecule has 0 saturated carbocycles. The highest BCUT2D eigenvalue weighted by molar-refractivity contribution is 7.92. The summed E-state index contributed by atoms with van der Waals surface area (Å²) < 4.78 is 38.7. The van der Waals surface area contributed by atoms with E-state index in [1.807, 2.05) is 0 Å². The highest BCUT2D eigenvalue weighted by Crippen LogP contribution is 2.20. The molecule has 0 unspecified atom stereocenters. The van der Waals surface area contributed by atoms with Crippen molar-refractivity contribution in [1.82, 2.24) is 15.0 Å². The van der Waals surface area contributed by atoms with Gasteiger partial charge in [-0.1, -0.05) is 29.5 Å². The summed E-state index contributed by atoms with van der Waals surface area (Å²) >= 11 is 0. The topological polar surface area (TPSA) is 129 Å². The van der Waals surface area contributed by atoms with Gasteiger partial charge in [0.25, 0.3) is 15.6 Å². The molecule has 4 aromatic rings. The molecule has 0 bridgehead atoms. The molecule has 35 heavy (non-hydrogen) atoms. The number of esters is 1. The molecule has 3 aromatic carbocycles. The van der Waals surface area contributed by atoms with E-state index in [1.165, 1.54) is 31.4 Å². The fourth-order valence-electron chi connectivity index (χ4n) is 3.08. The van der Waals surface area contributed by atoms with Crippen LogP contribution in [-0.4, -0.2) is 36.5 Å². The van der Waals surface area contributed by atoms with Gasteiger partial charge >= 0.3 is 5.97 Å². The van der Waals surface area contributed by atoms with E-state index in [-0.39, 0.29) is 4.90 Å². The maximum absolute atomic E-state index is 12.6. The van der Waals surface area contributed by atoms with E-state index in [2.05, 4.69) is 15.0 Å². The van der Waals surface area contributed by atoms with Gasteiger partial charge in [0.2, 0.25) is 0 Å². The predicted molar refractivity (Wildman–Crippen MR) is 129 cm³/mol. The molecule has 0 radical (unpaired) electrons. The molecule has 1 heterocycles. The van der Waals surface area contributed by atoms with Crippen LogP contribution < -0.4 is 15.0 Å². The van der Waals surface area contributed by atoms with Crippen LogP contribution in [0.2, 0.25) is 0 Å². The van der Waals surface area contributed by atoms with Crippen LogP contribution in [0.1, 0.15) is 5.56 Å². The third-order valence-electron chi connectivity index (χ3n) is 4.90. The fourth-order valence-corrected chi connectivity index (χ4v) is 4.13. The Morgan fingerprint density at radius 1 is 1.03 bits per heavy atom. The van der Waals surface area contributed by atoms with Crippen LogP contribution in [0, 0.1) is 0 Å². The van der Waals surface area contributed by atoms with Gasteiger partial charge in [-0.05, 0) is 60.2 Å². The molecule has 4 rings (SSSR count). The lowest BCUT2D eigenvalue weighted by molar-refractivity contribution is -0.141. The summed E-state index contributed by atoms with van der Waals surface area (Å²) in [7, 11) is -2.27. The Hall–Kier alpha value is -4.51. The lowest BCUT2D eigenvalue weighted by Crippen LogP contribution is -2.26. The molecule has 1 aromatic heterocycles. The van der Waals surface area contributed by atoms with Crippen LogP contribution in [0.25, 0.3) is 17.0 Å². The summed E-state index contributed by atoms with van der Waals surface area (Å²) in [6, 6.07) is 19.1. The van der Waals surface area contributed by atoms with Gasteiger partial charge in [0.05, 0.1) is 17.4 Å². The Kier molecular flexibility index (Phi) is 6.88. The zero-order valence-corrected chi connectivity index (χ0v) is 19.3. The molecule has 0 amide bonds. The number of nitrogens with zero attached hydrogens (tertiary/aromatic N) is 3. The second-order valence-corrected chi connectivity index (χ2v) is 8.92. The summed E-state index contributed by atoms with van der Waals surface area (Å²) in [5.41, 5.74) is 0.998. The fraction of sp³-hybridized carbons (Fsp3) is 0.0833. The van der Waals surface area contributed by atoms with Crippen LogP contribution in [0.4, 0.5) is 5.69 Å². The average Bonchev–Trinajstić information content (AvgIpc) is 2.88. The summed E-state index contributed by atoms with van der Waals surface area (Å²) in [6.45, 7) is -0.395. The minimum absolute atomic E-state index is 0.0577. The van der Waals surface area contributed by atoms with Crippen molar-refractivity contribution in [3.63, 3.8) is 0 Å². The molecule has 1 N–H and O–H groups in total. The summed E-state index contributed by atoms with van der Waals surface area (Å²) in [5.74, 6) is -0.0930. The Balaban J connectivity index is 1.36. The van der Waals surface area contributed by atoms with Crippen molar-refractivity contribution in [3.05, 3.63) is 94.8 Å². The minimum atomic E-state index is -3.79. The number of carbonyl (C=O) groups is 1. The number of methoxy groups -OCH3 is 1. The van der Waals surface area contributed by atoms with Crippen LogP contribution in [0.5, 0.6) is 5.75 Å². The van der Waals surface area contributed by atoms with Crippen LogP contribution in [0.3, 0.4) is 0 Å². The van der Waals surface area contributed by atoms with Crippen LogP contribution in [-0.2, 0) is 26.3 Å². The molecule has 11 heteroatoms. The van der Waals surface area contributed by atoms with Crippen LogP contribution >= 0.6 is 0 Å². The summed E-state index contributed by atoms with van der Waals surface area (Å²) in [4.78, 5) is 24.5. The maximum atomic E-state index is 12.6. The average molecular weight is 493 g/mol. The number of fused-ring (bicyclic) bond motifs is 1. The van der Waals surface area contributed by atoms with E-state index in [0.717, 1.165) is 4.68 Å². The molecule has 0 aliphatic rings. The molecular formula is C24H20N4O6S. The van der Waals surface area contributed by atoms with Crippen molar-refractivity contribution in [2.45, 2.75) is 11.6 Å². The zero-order chi connectivity index (χ0) is 24.8. The molecule has 0 aliphatic carbocycles. The van der Waals surface area contributed by atoms with Gasteiger partial charge < -0.3 is 9.47 Å². The molecular weight excluding hydrogens is 472 g/mol. The lowest BCUT2D eigenvalue weighted by Gasteiger charge is -2.09. The molecule has 0 spiro atoms. The summed E-state index contributed by atoms with van der Waals surface area (Å²) in [6.07, 6.45) is 2.63. The van der Waals surface area contributed by atoms with E-state index in [9.17, 15) is 18.0 Å². The smallest absolute Gasteiger partial charge is 0.332 e. The van der Waals surface area contributed by atoms with Gasteiger partial charge in [0.1, 0.15) is 11.3 Å². The van der Waals surface area contributed by atoms with Gasteiger partial charge in [-0.2, -0.15) is 4.68 Å². The number of hydrogen-bond acceptors (Lipinski definition) is 8. The van der Waals surface area contributed by atoms with Gasteiger partial charge in [-0.25, -0.2) is 13.2 Å².